The smallest absolute Gasteiger partial charge is 0.322 e. The maximum absolute atomic E-state index is 14.2. The van der Waals surface area contributed by atoms with E-state index in [2.05, 4.69) is 34.6 Å². The van der Waals surface area contributed by atoms with Crippen LogP contribution in [0.4, 0.5) is 0 Å². The molecule has 6 rings (SSSR count). The van der Waals surface area contributed by atoms with Crippen LogP contribution in [0, 0.1) is 50.7 Å². The molecular weight excluding hydrogens is 560 g/mol. The van der Waals surface area contributed by atoms with Gasteiger partial charge >= 0.3 is 17.9 Å². The summed E-state index contributed by atoms with van der Waals surface area (Å²) in [4.78, 5) is 51.9. The van der Waals surface area contributed by atoms with Gasteiger partial charge in [-0.25, -0.2) is 0 Å². The second-order valence-electron chi connectivity index (χ2n) is 16.6. The first kappa shape index (κ1) is 31.7. The van der Waals surface area contributed by atoms with Crippen LogP contribution in [0.15, 0.2) is 11.1 Å². The Balaban J connectivity index is 1.40. The molecule has 5 fully saturated rings. The average Bonchev–Trinajstić information content (AvgIpc) is 3.69. The summed E-state index contributed by atoms with van der Waals surface area (Å²) < 4.78 is 22.6. The predicted molar refractivity (Wildman–Crippen MR) is 162 cm³/mol. The van der Waals surface area contributed by atoms with Crippen LogP contribution >= 0.6 is 0 Å². The number of Topliss-reactive ketones (excluding diaryl/α,β-unsaturated/α-hetero) is 1. The summed E-state index contributed by atoms with van der Waals surface area (Å²) in [5.41, 5.74) is -0.810. The molecule has 1 heterocycles. The van der Waals surface area contributed by atoms with Gasteiger partial charge < -0.3 is 18.9 Å². The number of hydrogen-bond acceptors (Lipinski definition) is 8. The third kappa shape index (κ3) is 3.84. The van der Waals surface area contributed by atoms with Crippen LogP contribution in [0.2, 0.25) is 0 Å². The molecule has 6 aliphatic rings. The van der Waals surface area contributed by atoms with Crippen LogP contribution in [0.25, 0.3) is 0 Å². The second-order valence-corrected chi connectivity index (χ2v) is 16.6. The molecule has 5 aliphatic carbocycles. The van der Waals surface area contributed by atoms with Gasteiger partial charge in [0.1, 0.15) is 11.5 Å². The van der Waals surface area contributed by atoms with Crippen molar-refractivity contribution in [3.63, 3.8) is 0 Å². The van der Waals surface area contributed by atoms with Crippen molar-refractivity contribution >= 4 is 23.7 Å². The van der Waals surface area contributed by atoms with Gasteiger partial charge in [-0.3, -0.25) is 19.2 Å². The minimum Gasteiger partial charge on any atom is -0.462 e. The number of ether oxygens (including phenoxy) is 4. The van der Waals surface area contributed by atoms with Gasteiger partial charge in [0.2, 0.25) is 6.79 Å². The third-order valence-electron chi connectivity index (χ3n) is 14.3. The van der Waals surface area contributed by atoms with E-state index < -0.39 is 29.7 Å². The van der Waals surface area contributed by atoms with Crippen molar-refractivity contribution in [2.45, 2.75) is 125 Å². The number of carbonyl (C=O) groups excluding carboxylic acids is 4. The van der Waals surface area contributed by atoms with Gasteiger partial charge in [0, 0.05) is 24.8 Å². The molecule has 1 saturated heterocycles. The summed E-state index contributed by atoms with van der Waals surface area (Å²) in [6, 6.07) is 0. The number of hydrogen-bond donors (Lipinski definition) is 0. The van der Waals surface area contributed by atoms with E-state index in [0.717, 1.165) is 56.1 Å². The fraction of sp³-hybridized carbons (Fsp3) is 0.833. The van der Waals surface area contributed by atoms with Crippen molar-refractivity contribution in [2.75, 3.05) is 13.4 Å². The summed E-state index contributed by atoms with van der Waals surface area (Å²) in [6.45, 7) is 18.7. The Kier molecular flexibility index (Phi) is 7.14. The van der Waals surface area contributed by atoms with Crippen molar-refractivity contribution in [1.82, 2.24) is 0 Å². The highest BCUT2D eigenvalue weighted by Crippen LogP contribution is 2.78. The lowest BCUT2D eigenvalue weighted by Gasteiger charge is -2.72. The Morgan fingerprint density at radius 2 is 1.52 bits per heavy atom. The highest BCUT2D eigenvalue weighted by Gasteiger charge is 2.81. The van der Waals surface area contributed by atoms with Gasteiger partial charge in [-0.15, -0.1) is 0 Å². The zero-order valence-electron chi connectivity index (χ0n) is 28.2. The van der Waals surface area contributed by atoms with E-state index >= 15 is 0 Å². The van der Waals surface area contributed by atoms with Crippen LogP contribution in [0.1, 0.15) is 114 Å². The number of esters is 3. The molecule has 1 aliphatic heterocycles. The van der Waals surface area contributed by atoms with E-state index in [1.54, 1.807) is 0 Å². The Morgan fingerprint density at radius 3 is 2.11 bits per heavy atom. The molecule has 0 bridgehead atoms. The molecule has 9 atom stereocenters. The molecule has 0 aromatic heterocycles. The maximum atomic E-state index is 14.2. The number of carbonyl (C=O) groups is 4. The molecule has 44 heavy (non-hydrogen) atoms. The molecule has 0 radical (unpaired) electrons. The fourth-order valence-corrected chi connectivity index (χ4v) is 12.2. The topological polar surface area (TPSA) is 108 Å². The summed E-state index contributed by atoms with van der Waals surface area (Å²) in [7, 11) is 0. The van der Waals surface area contributed by atoms with E-state index in [9.17, 15) is 19.2 Å². The third-order valence-corrected chi connectivity index (χ3v) is 14.3. The number of rotatable bonds is 5. The van der Waals surface area contributed by atoms with E-state index in [1.807, 2.05) is 13.8 Å². The minimum atomic E-state index is -1.20. The Bertz CT molecular complexity index is 1320. The van der Waals surface area contributed by atoms with Crippen LogP contribution in [0.3, 0.4) is 0 Å². The average molecular weight is 613 g/mol. The molecule has 244 valence electrons. The molecule has 0 N–H and O–H groups in total. The van der Waals surface area contributed by atoms with Crippen molar-refractivity contribution in [1.29, 1.82) is 0 Å². The molecular formula is C36H52O8. The lowest BCUT2D eigenvalue weighted by molar-refractivity contribution is -0.234. The Hall–Kier alpha value is -2.22. The molecule has 8 nitrogen and oxygen atoms in total. The van der Waals surface area contributed by atoms with Gasteiger partial charge in [0.05, 0.1) is 6.61 Å². The maximum Gasteiger partial charge on any atom is 0.322 e. The molecule has 4 saturated carbocycles. The van der Waals surface area contributed by atoms with Gasteiger partial charge in [-0.05, 0) is 96.9 Å². The van der Waals surface area contributed by atoms with Crippen molar-refractivity contribution < 1.29 is 38.1 Å². The monoisotopic (exact) mass is 612 g/mol. The predicted octanol–water partition coefficient (Wildman–Crippen LogP) is 6.34. The van der Waals surface area contributed by atoms with Crippen molar-refractivity contribution in [3.8, 4) is 0 Å². The normalized spacial score (nSPS) is 45.2. The SMILES string of the molecule is CC(=O)OCOC(=O)[C@@]12CC[C@]3(C)[C@H](CC[C@@H]4[C@@]5(C)CC[C@H](OC(C)=O)C(C)(C)[C@@H]5CC[C@]43C)C1=C(C(C)C)C(=O)C21CO1. The van der Waals surface area contributed by atoms with E-state index in [0.29, 0.717) is 18.3 Å². The van der Waals surface area contributed by atoms with Crippen molar-refractivity contribution in [2.24, 2.45) is 50.7 Å². The highest BCUT2D eigenvalue weighted by atomic mass is 16.7. The summed E-state index contributed by atoms with van der Waals surface area (Å²) in [5, 5.41) is 0. The van der Waals surface area contributed by atoms with Crippen molar-refractivity contribution in [3.05, 3.63) is 11.1 Å². The first-order valence-electron chi connectivity index (χ1n) is 16.8. The lowest BCUT2D eigenvalue weighted by atomic mass is 9.33. The minimum absolute atomic E-state index is 0.00236. The molecule has 1 unspecified atom stereocenters. The summed E-state index contributed by atoms with van der Waals surface area (Å²) >= 11 is 0. The largest absolute Gasteiger partial charge is 0.462 e. The lowest BCUT2D eigenvalue weighted by Crippen LogP contribution is -2.66. The van der Waals surface area contributed by atoms with E-state index in [1.165, 1.54) is 13.8 Å². The van der Waals surface area contributed by atoms with Crippen LogP contribution in [-0.2, 0) is 38.1 Å². The number of ketones is 1. The standard InChI is InChI=1S/C36H52O8/c1-20(2)27-28-23-10-11-25-32(7)14-13-26(44-22(4)38)31(5,6)24(32)12-15-34(25,9)33(23,8)16-17-35(28,36(18-43-36)29(27)39)30(40)42-19-41-21(3)37/h20,23-26H,10-19H2,1-9H3/t23-,24+,25-,26+,32+,33-,34-,35-,36?/m1/s1. The zero-order chi connectivity index (χ0) is 32.3. The van der Waals surface area contributed by atoms with E-state index in [-0.39, 0.29) is 58.0 Å². The Labute approximate surface area is 262 Å². The first-order chi connectivity index (χ1) is 20.4. The number of fused-ring (bicyclic) bond motifs is 8. The molecule has 8 heteroatoms. The van der Waals surface area contributed by atoms with Gasteiger partial charge in [-0.2, -0.15) is 0 Å². The fourth-order valence-electron chi connectivity index (χ4n) is 12.2. The quantitative estimate of drug-likeness (QED) is 0.201. The molecule has 1 spiro atoms. The highest BCUT2D eigenvalue weighted by molar-refractivity contribution is 6.14. The van der Waals surface area contributed by atoms with Gasteiger partial charge in [0.15, 0.2) is 11.4 Å². The zero-order valence-corrected chi connectivity index (χ0v) is 28.2. The van der Waals surface area contributed by atoms with Crippen LogP contribution in [0.5, 0.6) is 0 Å². The molecule has 0 amide bonds. The van der Waals surface area contributed by atoms with Gasteiger partial charge in [0.25, 0.3) is 0 Å². The van der Waals surface area contributed by atoms with E-state index in [4.69, 9.17) is 18.9 Å². The summed E-state index contributed by atoms with van der Waals surface area (Å²) in [5.74, 6) is -0.361. The van der Waals surface area contributed by atoms with Crippen LogP contribution in [-0.4, -0.2) is 48.8 Å². The Morgan fingerprint density at radius 1 is 0.841 bits per heavy atom. The van der Waals surface area contributed by atoms with Crippen LogP contribution < -0.4 is 0 Å². The van der Waals surface area contributed by atoms with Gasteiger partial charge in [-0.1, -0.05) is 48.5 Å². The second kappa shape index (κ2) is 9.89. The molecule has 0 aromatic rings. The number of epoxide rings is 1. The molecule has 0 aromatic carbocycles. The first-order valence-corrected chi connectivity index (χ1v) is 16.8. The summed E-state index contributed by atoms with van der Waals surface area (Å²) in [6.07, 6.45) is 7.16.